The van der Waals surface area contributed by atoms with Crippen LogP contribution >= 0.6 is 24.0 Å². The third-order valence-electron chi connectivity index (χ3n) is 5.53. The van der Waals surface area contributed by atoms with Crippen LogP contribution in [0.5, 0.6) is 0 Å². The zero-order chi connectivity index (χ0) is 19.3. The fourth-order valence-corrected chi connectivity index (χ4v) is 4.06. The molecule has 0 bridgehead atoms. The van der Waals surface area contributed by atoms with Gasteiger partial charge in [0, 0.05) is 38.3 Å². The first kappa shape index (κ1) is 21.6. The minimum Gasteiger partial charge on any atom is -0.356 e. The number of amides is 1. The number of benzene rings is 2. The van der Waals surface area contributed by atoms with E-state index in [9.17, 15) is 4.79 Å². The van der Waals surface area contributed by atoms with Gasteiger partial charge in [0.05, 0.1) is 6.54 Å². The van der Waals surface area contributed by atoms with Gasteiger partial charge < -0.3 is 15.1 Å². The molecule has 0 aromatic heterocycles. The molecule has 2 aromatic rings. The molecule has 2 heterocycles. The molecule has 0 unspecified atom stereocenters. The topological polar surface area (TPSA) is 47.9 Å². The standard InChI is InChI=1S/C23H28N4O.HI/c1-2-24-23(27-15-13-18-8-5-6-11-21(18)27)25-16-19-9-3-4-10-20(19)17-26-14-7-12-22(26)28;/h3-6,8-11H,2,7,12-17H2,1H3,(H,24,25);1H. The molecule has 2 aliphatic rings. The number of anilines is 1. The number of hydrogen-bond donors (Lipinski definition) is 1. The third kappa shape index (κ3) is 4.91. The Labute approximate surface area is 190 Å². The maximum atomic E-state index is 12.0. The number of likely N-dealkylation sites (tertiary alicyclic amines) is 1. The summed E-state index contributed by atoms with van der Waals surface area (Å²) >= 11 is 0. The number of halogens is 1. The van der Waals surface area contributed by atoms with E-state index in [1.807, 2.05) is 11.0 Å². The lowest BCUT2D eigenvalue weighted by Crippen LogP contribution is -2.40. The van der Waals surface area contributed by atoms with Crippen molar-refractivity contribution in [3.8, 4) is 0 Å². The lowest BCUT2D eigenvalue weighted by molar-refractivity contribution is -0.128. The number of guanidine groups is 1. The van der Waals surface area contributed by atoms with Crippen LogP contribution in [0.2, 0.25) is 0 Å². The third-order valence-corrected chi connectivity index (χ3v) is 5.53. The molecule has 0 radical (unpaired) electrons. The quantitative estimate of drug-likeness (QED) is 0.381. The van der Waals surface area contributed by atoms with E-state index in [4.69, 9.17) is 4.99 Å². The normalized spacial score (nSPS) is 16.0. The predicted molar refractivity (Wildman–Crippen MR) is 129 cm³/mol. The summed E-state index contributed by atoms with van der Waals surface area (Å²) in [5.74, 6) is 1.19. The number of nitrogens with zero attached hydrogens (tertiary/aromatic N) is 3. The first-order valence-corrected chi connectivity index (χ1v) is 10.2. The van der Waals surface area contributed by atoms with Crippen LogP contribution in [0.25, 0.3) is 0 Å². The Balaban J connectivity index is 0.00000240. The van der Waals surface area contributed by atoms with Gasteiger partial charge in [-0.25, -0.2) is 4.99 Å². The minimum absolute atomic E-state index is 0. The second-order valence-corrected chi connectivity index (χ2v) is 7.39. The maximum absolute atomic E-state index is 12.0. The molecule has 1 fully saturated rings. The van der Waals surface area contributed by atoms with Crippen molar-refractivity contribution < 1.29 is 4.79 Å². The van der Waals surface area contributed by atoms with Gasteiger partial charge in [-0.05, 0) is 42.5 Å². The van der Waals surface area contributed by atoms with Crippen molar-refractivity contribution in [2.75, 3.05) is 24.5 Å². The van der Waals surface area contributed by atoms with Gasteiger partial charge in [-0.2, -0.15) is 0 Å². The SMILES string of the molecule is CCNC(=NCc1ccccc1CN1CCCC1=O)N1CCc2ccccc21.I. The number of rotatable bonds is 5. The van der Waals surface area contributed by atoms with Gasteiger partial charge in [-0.3, -0.25) is 4.79 Å². The average molecular weight is 504 g/mol. The molecule has 6 heteroatoms. The second kappa shape index (κ2) is 10.1. The Kier molecular flexibility index (Phi) is 7.52. The summed E-state index contributed by atoms with van der Waals surface area (Å²) in [5, 5.41) is 3.45. The first-order chi connectivity index (χ1) is 13.8. The molecular formula is C23H29IN4O. The molecule has 2 aliphatic heterocycles. The van der Waals surface area contributed by atoms with Gasteiger partial charge in [-0.15, -0.1) is 24.0 Å². The molecule has 0 atom stereocenters. The van der Waals surface area contributed by atoms with Crippen LogP contribution in [0.3, 0.4) is 0 Å². The number of para-hydroxylation sites is 1. The fraction of sp³-hybridized carbons (Fsp3) is 0.391. The number of carbonyl (C=O) groups is 1. The largest absolute Gasteiger partial charge is 0.356 e. The van der Waals surface area contributed by atoms with Gasteiger partial charge >= 0.3 is 0 Å². The van der Waals surface area contributed by atoms with Gasteiger partial charge in [0.1, 0.15) is 0 Å². The molecule has 154 valence electrons. The molecule has 2 aromatic carbocycles. The average Bonchev–Trinajstić information content (AvgIpc) is 3.32. The number of carbonyl (C=O) groups excluding carboxylic acids is 1. The van der Waals surface area contributed by atoms with E-state index in [1.54, 1.807) is 0 Å². The van der Waals surface area contributed by atoms with Crippen LogP contribution in [0.15, 0.2) is 53.5 Å². The van der Waals surface area contributed by atoms with Crippen LogP contribution in [0.1, 0.15) is 36.5 Å². The van der Waals surface area contributed by atoms with Crippen LogP contribution in [0.4, 0.5) is 5.69 Å². The molecule has 5 nitrogen and oxygen atoms in total. The van der Waals surface area contributed by atoms with Crippen molar-refractivity contribution in [2.45, 2.75) is 39.3 Å². The van der Waals surface area contributed by atoms with Crippen molar-refractivity contribution in [1.29, 1.82) is 0 Å². The zero-order valence-corrected chi connectivity index (χ0v) is 19.3. The monoisotopic (exact) mass is 504 g/mol. The number of nitrogens with one attached hydrogen (secondary N) is 1. The predicted octanol–water partition coefficient (Wildman–Crippen LogP) is 3.96. The summed E-state index contributed by atoms with van der Waals surface area (Å²) in [5.41, 5.74) is 5.00. The second-order valence-electron chi connectivity index (χ2n) is 7.39. The fourth-order valence-electron chi connectivity index (χ4n) is 4.06. The molecule has 1 amide bonds. The lowest BCUT2D eigenvalue weighted by Gasteiger charge is -2.23. The van der Waals surface area contributed by atoms with Crippen LogP contribution in [-0.2, 0) is 24.3 Å². The summed E-state index contributed by atoms with van der Waals surface area (Å²) in [7, 11) is 0. The molecule has 0 spiro atoms. The Morgan fingerprint density at radius 3 is 2.55 bits per heavy atom. The number of aliphatic imine (C=N–C) groups is 1. The Hall–Kier alpha value is -2.09. The van der Waals surface area contributed by atoms with E-state index in [2.05, 4.69) is 59.6 Å². The highest BCUT2D eigenvalue weighted by atomic mass is 127. The van der Waals surface area contributed by atoms with Crippen LogP contribution < -0.4 is 10.2 Å². The zero-order valence-electron chi connectivity index (χ0n) is 16.9. The van der Waals surface area contributed by atoms with Crippen LogP contribution in [-0.4, -0.2) is 36.4 Å². The van der Waals surface area contributed by atoms with Gasteiger partial charge in [-0.1, -0.05) is 42.5 Å². The highest BCUT2D eigenvalue weighted by Gasteiger charge is 2.23. The molecule has 0 saturated carbocycles. The maximum Gasteiger partial charge on any atom is 0.222 e. The van der Waals surface area contributed by atoms with Crippen molar-refractivity contribution in [1.82, 2.24) is 10.2 Å². The molecule has 4 rings (SSSR count). The Morgan fingerprint density at radius 2 is 1.79 bits per heavy atom. The van der Waals surface area contributed by atoms with Crippen molar-refractivity contribution >= 4 is 41.5 Å². The van der Waals surface area contributed by atoms with E-state index in [0.717, 1.165) is 38.4 Å². The molecule has 0 aliphatic carbocycles. The molecule has 29 heavy (non-hydrogen) atoms. The van der Waals surface area contributed by atoms with Gasteiger partial charge in [0.2, 0.25) is 5.91 Å². The van der Waals surface area contributed by atoms with E-state index in [0.29, 0.717) is 19.5 Å². The minimum atomic E-state index is 0. The van der Waals surface area contributed by atoms with E-state index in [1.165, 1.54) is 22.4 Å². The molecular weight excluding hydrogens is 475 g/mol. The summed E-state index contributed by atoms with van der Waals surface area (Å²) in [6.07, 6.45) is 2.70. The van der Waals surface area contributed by atoms with Crippen molar-refractivity contribution in [3.63, 3.8) is 0 Å². The van der Waals surface area contributed by atoms with E-state index < -0.39 is 0 Å². The Bertz CT molecular complexity index is 883. The van der Waals surface area contributed by atoms with E-state index >= 15 is 0 Å². The molecule has 1 N–H and O–H groups in total. The lowest BCUT2D eigenvalue weighted by atomic mass is 10.1. The Morgan fingerprint density at radius 1 is 1.03 bits per heavy atom. The van der Waals surface area contributed by atoms with Crippen molar-refractivity contribution in [3.05, 3.63) is 65.2 Å². The smallest absolute Gasteiger partial charge is 0.222 e. The summed E-state index contributed by atoms with van der Waals surface area (Å²) in [4.78, 5) is 21.2. The van der Waals surface area contributed by atoms with Crippen molar-refractivity contribution in [2.24, 2.45) is 4.99 Å². The first-order valence-electron chi connectivity index (χ1n) is 10.2. The molecule has 1 saturated heterocycles. The van der Waals surface area contributed by atoms with Gasteiger partial charge in [0.25, 0.3) is 0 Å². The number of hydrogen-bond acceptors (Lipinski definition) is 2. The van der Waals surface area contributed by atoms with Crippen LogP contribution in [0, 0.1) is 0 Å². The van der Waals surface area contributed by atoms with E-state index in [-0.39, 0.29) is 29.9 Å². The summed E-state index contributed by atoms with van der Waals surface area (Å²) < 4.78 is 0. The number of fused-ring (bicyclic) bond motifs is 1. The summed E-state index contributed by atoms with van der Waals surface area (Å²) in [6.45, 7) is 6.05. The highest BCUT2D eigenvalue weighted by Crippen LogP contribution is 2.27. The highest BCUT2D eigenvalue weighted by molar-refractivity contribution is 14.0. The summed E-state index contributed by atoms with van der Waals surface area (Å²) in [6, 6.07) is 16.9. The van der Waals surface area contributed by atoms with Gasteiger partial charge in [0.15, 0.2) is 5.96 Å².